The first-order valence-corrected chi connectivity index (χ1v) is 12.4. The molecule has 0 bridgehead atoms. The lowest BCUT2D eigenvalue weighted by molar-refractivity contribution is 0.102. The van der Waals surface area contributed by atoms with Crippen LogP contribution in [0.3, 0.4) is 0 Å². The summed E-state index contributed by atoms with van der Waals surface area (Å²) >= 11 is 1.18. The summed E-state index contributed by atoms with van der Waals surface area (Å²) in [6, 6.07) is 5.63. The van der Waals surface area contributed by atoms with Gasteiger partial charge in [0.15, 0.2) is 0 Å². The Bertz CT molecular complexity index is 1430. The van der Waals surface area contributed by atoms with Gasteiger partial charge in [-0.05, 0) is 25.0 Å². The van der Waals surface area contributed by atoms with E-state index in [9.17, 15) is 22.4 Å². The van der Waals surface area contributed by atoms with Gasteiger partial charge in [0.25, 0.3) is 5.91 Å². The lowest BCUT2D eigenvalue weighted by Gasteiger charge is -2.34. The third-order valence-electron chi connectivity index (χ3n) is 6.05. The minimum absolute atomic E-state index is 0.0741. The van der Waals surface area contributed by atoms with Crippen molar-refractivity contribution in [3.8, 4) is 10.6 Å². The molecular formula is C25H22F4N6OS. The Labute approximate surface area is 213 Å². The van der Waals surface area contributed by atoms with Crippen molar-refractivity contribution in [3.63, 3.8) is 0 Å². The number of para-hydroxylation sites is 1. The fourth-order valence-electron chi connectivity index (χ4n) is 4.29. The van der Waals surface area contributed by atoms with E-state index >= 15 is 0 Å². The number of piperidine rings is 1. The molecule has 12 heteroatoms. The van der Waals surface area contributed by atoms with Gasteiger partial charge in [0, 0.05) is 54.0 Å². The lowest BCUT2D eigenvalue weighted by atomic mass is 10.1. The van der Waals surface area contributed by atoms with Crippen LogP contribution in [0.2, 0.25) is 0 Å². The van der Waals surface area contributed by atoms with Gasteiger partial charge in [-0.25, -0.2) is 22.5 Å². The molecule has 37 heavy (non-hydrogen) atoms. The number of aromatic nitrogens is 3. The van der Waals surface area contributed by atoms with E-state index in [-0.39, 0.29) is 23.8 Å². The van der Waals surface area contributed by atoms with Gasteiger partial charge >= 0.3 is 0 Å². The number of hydrogen-bond acceptors (Lipinski definition) is 6. The van der Waals surface area contributed by atoms with Gasteiger partial charge in [-0.3, -0.25) is 9.48 Å². The van der Waals surface area contributed by atoms with Crippen LogP contribution >= 0.6 is 11.3 Å². The van der Waals surface area contributed by atoms with Crippen LogP contribution in [0.5, 0.6) is 0 Å². The molecule has 1 atom stereocenters. The first-order valence-electron chi connectivity index (χ1n) is 11.5. The summed E-state index contributed by atoms with van der Waals surface area (Å²) in [5.74, 6) is -3.99. The van der Waals surface area contributed by atoms with Crippen molar-refractivity contribution in [1.29, 1.82) is 0 Å². The molecule has 1 unspecified atom stereocenters. The maximum atomic E-state index is 14.7. The first kappa shape index (κ1) is 24.9. The zero-order valence-corrected chi connectivity index (χ0v) is 20.2. The standard InChI is InChI=1S/C25H22F4N6OS/c26-15-7-19(28)17(20(29)8-15)12-35-10-14(9-31-35)25-33-22(13-37-25)24(36)32-21-5-1-4-18(27)23(21)34-6-2-3-16(30)11-34/h1,4-5,7-10,13,16H,2-3,6,11-12,30H2,(H,32,36). The SMILES string of the molecule is NC1CCCN(c2c(F)cccc2NC(=O)c2csc(-c3cnn(Cc4c(F)cc(F)cc4F)c3)n2)C1. The van der Waals surface area contributed by atoms with E-state index in [0.717, 1.165) is 12.8 Å². The molecule has 1 saturated heterocycles. The fraction of sp³-hybridized carbons (Fsp3) is 0.240. The molecule has 0 saturated carbocycles. The molecule has 2 aromatic heterocycles. The summed E-state index contributed by atoms with van der Waals surface area (Å²) in [6.07, 6.45) is 4.65. The smallest absolute Gasteiger partial charge is 0.275 e. The average molecular weight is 531 g/mol. The van der Waals surface area contributed by atoms with Crippen LogP contribution in [0.25, 0.3) is 10.6 Å². The first-order chi connectivity index (χ1) is 17.8. The summed E-state index contributed by atoms with van der Waals surface area (Å²) in [4.78, 5) is 19.1. The summed E-state index contributed by atoms with van der Waals surface area (Å²) in [5.41, 5.74) is 7.00. The van der Waals surface area contributed by atoms with E-state index in [0.29, 0.717) is 47.2 Å². The highest BCUT2D eigenvalue weighted by Crippen LogP contribution is 2.32. The molecule has 1 fully saturated rings. The second-order valence-electron chi connectivity index (χ2n) is 8.75. The Morgan fingerprint density at radius 2 is 1.95 bits per heavy atom. The Hall–Kier alpha value is -3.77. The molecule has 1 aliphatic heterocycles. The summed E-state index contributed by atoms with van der Waals surface area (Å²) in [7, 11) is 0. The van der Waals surface area contributed by atoms with Gasteiger partial charge in [-0.2, -0.15) is 5.10 Å². The molecular weight excluding hydrogens is 508 g/mol. The predicted molar refractivity (Wildman–Crippen MR) is 133 cm³/mol. The predicted octanol–water partition coefficient (Wildman–Crippen LogP) is 4.79. The van der Waals surface area contributed by atoms with Crippen molar-refractivity contribution in [2.75, 3.05) is 23.3 Å². The molecule has 2 aromatic carbocycles. The zero-order valence-electron chi connectivity index (χ0n) is 19.4. The van der Waals surface area contributed by atoms with Crippen molar-refractivity contribution < 1.29 is 22.4 Å². The molecule has 0 spiro atoms. The number of hydrogen-bond donors (Lipinski definition) is 2. The number of benzene rings is 2. The van der Waals surface area contributed by atoms with Crippen molar-refractivity contribution in [3.05, 3.63) is 82.6 Å². The van der Waals surface area contributed by atoms with Crippen molar-refractivity contribution in [2.45, 2.75) is 25.4 Å². The third kappa shape index (κ3) is 5.35. The topological polar surface area (TPSA) is 89.1 Å². The third-order valence-corrected chi connectivity index (χ3v) is 6.94. The Kier molecular flexibility index (Phi) is 6.94. The highest BCUT2D eigenvalue weighted by atomic mass is 32.1. The fourth-order valence-corrected chi connectivity index (χ4v) is 5.07. The van der Waals surface area contributed by atoms with Crippen LogP contribution in [0, 0.1) is 23.3 Å². The van der Waals surface area contributed by atoms with Gasteiger partial charge in [-0.15, -0.1) is 11.3 Å². The van der Waals surface area contributed by atoms with E-state index in [2.05, 4.69) is 15.4 Å². The highest BCUT2D eigenvalue weighted by molar-refractivity contribution is 7.13. The summed E-state index contributed by atoms with van der Waals surface area (Å²) in [6.45, 7) is 0.869. The van der Waals surface area contributed by atoms with Crippen LogP contribution in [0.15, 0.2) is 48.1 Å². The van der Waals surface area contributed by atoms with Gasteiger partial charge < -0.3 is 16.0 Å². The minimum atomic E-state index is -1.01. The highest BCUT2D eigenvalue weighted by Gasteiger charge is 2.24. The lowest BCUT2D eigenvalue weighted by Crippen LogP contribution is -2.43. The number of thiazole rings is 1. The number of nitrogens with zero attached hydrogens (tertiary/aromatic N) is 4. The van der Waals surface area contributed by atoms with Gasteiger partial charge in [0.1, 0.15) is 34.0 Å². The monoisotopic (exact) mass is 530 g/mol. The number of carbonyl (C=O) groups excluding carboxylic acids is 1. The molecule has 5 rings (SSSR count). The van der Waals surface area contributed by atoms with Crippen LogP contribution in [-0.2, 0) is 6.54 Å². The Morgan fingerprint density at radius 1 is 1.16 bits per heavy atom. The van der Waals surface area contributed by atoms with Crippen LogP contribution in [0.4, 0.5) is 28.9 Å². The van der Waals surface area contributed by atoms with Gasteiger partial charge in [0.05, 0.1) is 24.1 Å². The largest absolute Gasteiger partial charge is 0.366 e. The number of nitrogens with two attached hydrogens (primary N) is 1. The normalized spacial score (nSPS) is 15.7. The number of halogens is 4. The van der Waals surface area contributed by atoms with E-state index in [1.54, 1.807) is 11.4 Å². The van der Waals surface area contributed by atoms with Gasteiger partial charge in [-0.1, -0.05) is 6.07 Å². The molecule has 7 nitrogen and oxygen atoms in total. The second kappa shape index (κ2) is 10.3. The molecule has 1 aliphatic rings. The molecule has 0 aliphatic carbocycles. The van der Waals surface area contributed by atoms with Crippen LogP contribution < -0.4 is 16.0 Å². The van der Waals surface area contributed by atoms with Crippen molar-refractivity contribution in [1.82, 2.24) is 14.8 Å². The zero-order chi connectivity index (χ0) is 26.1. The molecule has 0 radical (unpaired) electrons. The number of rotatable bonds is 6. The molecule has 1 amide bonds. The quantitative estimate of drug-likeness (QED) is 0.350. The van der Waals surface area contributed by atoms with E-state index < -0.39 is 29.2 Å². The maximum Gasteiger partial charge on any atom is 0.275 e. The van der Waals surface area contributed by atoms with E-state index in [4.69, 9.17) is 5.73 Å². The molecule has 3 N–H and O–H groups in total. The summed E-state index contributed by atoms with van der Waals surface area (Å²) in [5, 5.41) is 8.85. The molecule has 4 aromatic rings. The maximum absolute atomic E-state index is 14.7. The number of carbonyl (C=O) groups is 1. The Morgan fingerprint density at radius 3 is 2.70 bits per heavy atom. The van der Waals surface area contributed by atoms with E-state index in [1.807, 2.05) is 4.90 Å². The van der Waals surface area contributed by atoms with Crippen molar-refractivity contribution in [2.24, 2.45) is 5.73 Å². The van der Waals surface area contributed by atoms with Gasteiger partial charge in [0.2, 0.25) is 0 Å². The molecule has 192 valence electrons. The van der Waals surface area contributed by atoms with Crippen LogP contribution in [-0.4, -0.2) is 39.8 Å². The molecule has 3 heterocycles. The Balaban J connectivity index is 1.32. The number of amides is 1. The number of anilines is 2. The van der Waals surface area contributed by atoms with Crippen LogP contribution in [0.1, 0.15) is 28.9 Å². The van der Waals surface area contributed by atoms with E-state index in [1.165, 1.54) is 40.5 Å². The van der Waals surface area contributed by atoms with Crippen molar-refractivity contribution >= 4 is 28.6 Å². The minimum Gasteiger partial charge on any atom is -0.366 e. The second-order valence-corrected chi connectivity index (χ2v) is 9.61. The number of nitrogens with one attached hydrogen (secondary N) is 1. The summed E-state index contributed by atoms with van der Waals surface area (Å²) < 4.78 is 57.2. The average Bonchev–Trinajstić information content (AvgIpc) is 3.51.